The lowest BCUT2D eigenvalue weighted by molar-refractivity contribution is -0.138. The fourth-order valence-electron chi connectivity index (χ4n) is 2.16. The van der Waals surface area contributed by atoms with Gasteiger partial charge in [0.05, 0.1) is 12.5 Å². The molecular weight excluding hydrogens is 266 g/mol. The van der Waals surface area contributed by atoms with Crippen molar-refractivity contribution in [3.05, 3.63) is 65.7 Å². The number of carbonyl (C=O) groups is 1. The SMILES string of the molecule is O=C(O)CC(O)CNc1ccccc1Cc1ccccc1. The van der Waals surface area contributed by atoms with E-state index in [1.165, 1.54) is 5.56 Å². The van der Waals surface area contributed by atoms with Gasteiger partial charge in [0.15, 0.2) is 0 Å². The minimum Gasteiger partial charge on any atom is -0.481 e. The number of para-hydroxylation sites is 1. The normalized spacial score (nSPS) is 11.9. The van der Waals surface area contributed by atoms with Gasteiger partial charge in [0.1, 0.15) is 0 Å². The van der Waals surface area contributed by atoms with Gasteiger partial charge in [-0.3, -0.25) is 4.79 Å². The zero-order chi connectivity index (χ0) is 15.1. The third-order valence-corrected chi connectivity index (χ3v) is 3.19. The summed E-state index contributed by atoms with van der Waals surface area (Å²) < 4.78 is 0. The third-order valence-electron chi connectivity index (χ3n) is 3.19. The van der Waals surface area contributed by atoms with Gasteiger partial charge in [-0.2, -0.15) is 0 Å². The van der Waals surface area contributed by atoms with Crippen molar-refractivity contribution in [1.82, 2.24) is 0 Å². The molecule has 1 atom stereocenters. The molecule has 0 spiro atoms. The van der Waals surface area contributed by atoms with E-state index >= 15 is 0 Å². The largest absolute Gasteiger partial charge is 0.481 e. The fourth-order valence-corrected chi connectivity index (χ4v) is 2.16. The summed E-state index contributed by atoms with van der Waals surface area (Å²) in [6, 6.07) is 18.0. The number of aliphatic hydroxyl groups is 1. The van der Waals surface area contributed by atoms with E-state index in [0.717, 1.165) is 17.7 Å². The first kappa shape index (κ1) is 15.1. The average Bonchev–Trinajstić information content (AvgIpc) is 2.47. The highest BCUT2D eigenvalue weighted by Crippen LogP contribution is 2.19. The van der Waals surface area contributed by atoms with Gasteiger partial charge in [0.2, 0.25) is 0 Å². The van der Waals surface area contributed by atoms with Gasteiger partial charge in [-0.25, -0.2) is 0 Å². The summed E-state index contributed by atoms with van der Waals surface area (Å²) in [7, 11) is 0. The maximum Gasteiger partial charge on any atom is 0.306 e. The summed E-state index contributed by atoms with van der Waals surface area (Å²) in [4.78, 5) is 10.5. The van der Waals surface area contributed by atoms with E-state index in [1.807, 2.05) is 42.5 Å². The Morgan fingerprint density at radius 1 is 1.05 bits per heavy atom. The molecular formula is C17H19NO3. The second-order valence-electron chi connectivity index (χ2n) is 4.95. The molecule has 0 aliphatic heterocycles. The zero-order valence-electron chi connectivity index (χ0n) is 11.7. The van der Waals surface area contributed by atoms with Gasteiger partial charge in [0.25, 0.3) is 0 Å². The maximum absolute atomic E-state index is 10.5. The highest BCUT2D eigenvalue weighted by Gasteiger charge is 2.10. The topological polar surface area (TPSA) is 69.6 Å². The minimum absolute atomic E-state index is 0.220. The molecule has 4 heteroatoms. The van der Waals surface area contributed by atoms with E-state index in [-0.39, 0.29) is 13.0 Å². The summed E-state index contributed by atoms with van der Waals surface area (Å²) in [6.07, 6.45) is -0.361. The molecule has 0 radical (unpaired) electrons. The molecule has 0 aliphatic carbocycles. The summed E-state index contributed by atoms with van der Waals surface area (Å²) in [6.45, 7) is 0.220. The Morgan fingerprint density at radius 3 is 2.43 bits per heavy atom. The number of hydrogen-bond acceptors (Lipinski definition) is 3. The van der Waals surface area contributed by atoms with Gasteiger partial charge < -0.3 is 15.5 Å². The van der Waals surface area contributed by atoms with Crippen molar-refractivity contribution in [2.45, 2.75) is 18.9 Å². The van der Waals surface area contributed by atoms with Crippen LogP contribution in [0.25, 0.3) is 0 Å². The highest BCUT2D eigenvalue weighted by atomic mass is 16.4. The van der Waals surface area contributed by atoms with Crippen molar-refractivity contribution < 1.29 is 15.0 Å². The van der Waals surface area contributed by atoms with Gasteiger partial charge >= 0.3 is 5.97 Å². The van der Waals surface area contributed by atoms with Crippen LogP contribution in [0.1, 0.15) is 17.5 Å². The molecule has 2 aromatic carbocycles. The molecule has 4 nitrogen and oxygen atoms in total. The monoisotopic (exact) mass is 285 g/mol. The quantitative estimate of drug-likeness (QED) is 0.731. The summed E-state index contributed by atoms with van der Waals surface area (Å²) >= 11 is 0. The van der Waals surface area contributed by atoms with Crippen LogP contribution in [-0.4, -0.2) is 28.8 Å². The standard InChI is InChI=1S/C17H19NO3/c19-15(11-17(20)21)12-18-16-9-5-4-8-14(16)10-13-6-2-1-3-7-13/h1-9,15,18-19H,10-12H2,(H,20,21). The fraction of sp³-hybridized carbons (Fsp3) is 0.235. The number of benzene rings is 2. The molecule has 2 aromatic rings. The van der Waals surface area contributed by atoms with Crippen LogP contribution in [0.4, 0.5) is 5.69 Å². The second kappa shape index (κ2) is 7.45. The van der Waals surface area contributed by atoms with E-state index in [2.05, 4.69) is 17.4 Å². The van der Waals surface area contributed by atoms with E-state index in [4.69, 9.17) is 5.11 Å². The van der Waals surface area contributed by atoms with Crippen LogP contribution in [0.5, 0.6) is 0 Å². The molecule has 0 heterocycles. The van der Waals surface area contributed by atoms with E-state index in [9.17, 15) is 9.90 Å². The van der Waals surface area contributed by atoms with Crippen LogP contribution in [0.2, 0.25) is 0 Å². The summed E-state index contributed by atoms with van der Waals surface area (Å²) in [5.41, 5.74) is 3.25. The minimum atomic E-state index is -0.998. The van der Waals surface area contributed by atoms with E-state index in [1.54, 1.807) is 0 Å². The smallest absolute Gasteiger partial charge is 0.306 e. The van der Waals surface area contributed by atoms with Crippen LogP contribution in [0.15, 0.2) is 54.6 Å². The molecule has 3 N–H and O–H groups in total. The number of anilines is 1. The summed E-state index contributed by atoms with van der Waals surface area (Å²) in [5, 5.41) is 21.4. The van der Waals surface area contributed by atoms with Gasteiger partial charge in [-0.1, -0.05) is 48.5 Å². The second-order valence-corrected chi connectivity index (χ2v) is 4.95. The lowest BCUT2D eigenvalue weighted by Crippen LogP contribution is -2.23. The summed E-state index contributed by atoms with van der Waals surface area (Å²) in [5.74, 6) is -0.998. The van der Waals surface area contributed by atoms with Crippen molar-refractivity contribution >= 4 is 11.7 Å². The number of hydrogen-bond donors (Lipinski definition) is 3. The Hall–Kier alpha value is -2.33. The molecule has 0 aromatic heterocycles. The van der Waals surface area contributed by atoms with Crippen LogP contribution in [0, 0.1) is 0 Å². The van der Waals surface area contributed by atoms with Crippen LogP contribution < -0.4 is 5.32 Å². The predicted octanol–water partition coefficient (Wildman–Crippen LogP) is 2.52. The number of carboxylic acid groups (broad SMARTS) is 1. The number of aliphatic carboxylic acids is 1. The molecule has 21 heavy (non-hydrogen) atoms. The molecule has 1 unspecified atom stereocenters. The number of nitrogens with one attached hydrogen (secondary N) is 1. The molecule has 0 bridgehead atoms. The lowest BCUT2D eigenvalue weighted by atomic mass is 10.0. The Labute approximate surface area is 124 Å². The highest BCUT2D eigenvalue weighted by molar-refractivity contribution is 5.67. The van der Waals surface area contributed by atoms with Crippen molar-refractivity contribution in [3.63, 3.8) is 0 Å². The van der Waals surface area contributed by atoms with Crippen molar-refractivity contribution in [1.29, 1.82) is 0 Å². The van der Waals surface area contributed by atoms with E-state index in [0.29, 0.717) is 0 Å². The van der Waals surface area contributed by atoms with Crippen molar-refractivity contribution in [3.8, 4) is 0 Å². The van der Waals surface area contributed by atoms with Crippen LogP contribution in [-0.2, 0) is 11.2 Å². The molecule has 0 aliphatic rings. The third kappa shape index (κ3) is 4.93. The van der Waals surface area contributed by atoms with Crippen molar-refractivity contribution in [2.24, 2.45) is 0 Å². The number of rotatable bonds is 7. The van der Waals surface area contributed by atoms with Crippen LogP contribution in [0.3, 0.4) is 0 Å². The van der Waals surface area contributed by atoms with E-state index < -0.39 is 12.1 Å². The molecule has 0 amide bonds. The molecule has 0 fully saturated rings. The predicted molar refractivity (Wildman–Crippen MR) is 82.4 cm³/mol. The number of carboxylic acids is 1. The first-order valence-electron chi connectivity index (χ1n) is 6.90. The first-order chi connectivity index (χ1) is 10.1. The van der Waals surface area contributed by atoms with Gasteiger partial charge in [0, 0.05) is 12.2 Å². The number of aliphatic hydroxyl groups excluding tert-OH is 1. The molecule has 0 saturated carbocycles. The van der Waals surface area contributed by atoms with Gasteiger partial charge in [-0.15, -0.1) is 0 Å². The lowest BCUT2D eigenvalue weighted by Gasteiger charge is -2.14. The zero-order valence-corrected chi connectivity index (χ0v) is 11.7. The Bertz CT molecular complexity index is 584. The first-order valence-corrected chi connectivity index (χ1v) is 6.90. The van der Waals surface area contributed by atoms with Crippen molar-refractivity contribution in [2.75, 3.05) is 11.9 Å². The molecule has 0 saturated heterocycles. The average molecular weight is 285 g/mol. The Morgan fingerprint density at radius 2 is 1.71 bits per heavy atom. The van der Waals surface area contributed by atoms with Gasteiger partial charge in [-0.05, 0) is 23.6 Å². The molecule has 2 rings (SSSR count). The maximum atomic E-state index is 10.5. The Kier molecular flexibility index (Phi) is 5.35. The Balaban J connectivity index is 2.01. The van der Waals surface area contributed by atoms with Crippen LogP contribution >= 0.6 is 0 Å². The molecule has 110 valence electrons.